The number of ether oxygens (including phenoxy) is 2. The summed E-state index contributed by atoms with van der Waals surface area (Å²) in [4.78, 5) is 12.7. The molecule has 7 nitrogen and oxygen atoms in total. The van der Waals surface area contributed by atoms with Crippen LogP contribution in [-0.4, -0.2) is 65.3 Å². The molecule has 1 N–H and O–H groups in total. The predicted molar refractivity (Wildman–Crippen MR) is 71.4 cm³/mol. The van der Waals surface area contributed by atoms with Gasteiger partial charge in [0.2, 0.25) is 0 Å². The number of hydrogen-bond donors (Lipinski definition) is 1. The van der Waals surface area contributed by atoms with Crippen molar-refractivity contribution >= 4 is 5.97 Å². The minimum absolute atomic E-state index is 0.0875. The third kappa shape index (κ3) is 4.92. The van der Waals surface area contributed by atoms with Gasteiger partial charge < -0.3 is 14.6 Å². The van der Waals surface area contributed by atoms with Crippen molar-refractivity contribution in [3.8, 4) is 0 Å². The van der Waals surface area contributed by atoms with E-state index in [1.165, 1.54) is 0 Å². The Balaban J connectivity index is 1.75. The van der Waals surface area contributed by atoms with Crippen molar-refractivity contribution in [2.75, 3.05) is 33.4 Å². The standard InChI is InChI=1S/C13H21N3O4/c1-15(9-12-10-19-4-5-20-12)7-11-6-14-16(8-11)3-2-13(17)18/h6,8,12H,2-5,7,9-10H2,1H3,(H,17,18). The molecule has 0 aromatic carbocycles. The van der Waals surface area contributed by atoms with E-state index in [4.69, 9.17) is 14.6 Å². The molecule has 0 aliphatic carbocycles. The van der Waals surface area contributed by atoms with Gasteiger partial charge in [0.1, 0.15) is 0 Å². The first-order valence-electron chi connectivity index (χ1n) is 6.74. The molecule has 1 aliphatic rings. The van der Waals surface area contributed by atoms with E-state index < -0.39 is 5.97 Å². The monoisotopic (exact) mass is 283 g/mol. The number of rotatable bonds is 7. The van der Waals surface area contributed by atoms with Crippen molar-refractivity contribution in [1.82, 2.24) is 14.7 Å². The Kier molecular flexibility index (Phi) is 5.51. The fourth-order valence-corrected chi connectivity index (χ4v) is 2.19. The van der Waals surface area contributed by atoms with Crippen LogP contribution in [0.2, 0.25) is 0 Å². The molecular weight excluding hydrogens is 262 g/mol. The van der Waals surface area contributed by atoms with Gasteiger partial charge in [-0.25, -0.2) is 0 Å². The lowest BCUT2D eigenvalue weighted by Gasteiger charge is -2.27. The zero-order chi connectivity index (χ0) is 14.4. The lowest BCUT2D eigenvalue weighted by Crippen LogP contribution is -2.38. The molecule has 0 saturated carbocycles. The van der Waals surface area contributed by atoms with Crippen molar-refractivity contribution < 1.29 is 19.4 Å². The quantitative estimate of drug-likeness (QED) is 0.770. The van der Waals surface area contributed by atoms with E-state index >= 15 is 0 Å². The first-order valence-corrected chi connectivity index (χ1v) is 6.74. The van der Waals surface area contributed by atoms with E-state index in [0.29, 0.717) is 26.4 Å². The van der Waals surface area contributed by atoms with Crippen molar-refractivity contribution in [1.29, 1.82) is 0 Å². The second-order valence-electron chi connectivity index (χ2n) is 5.02. The topological polar surface area (TPSA) is 76.8 Å². The first kappa shape index (κ1) is 15.0. The maximum Gasteiger partial charge on any atom is 0.305 e. The maximum absolute atomic E-state index is 10.5. The zero-order valence-electron chi connectivity index (χ0n) is 11.7. The number of carboxylic acids is 1. The van der Waals surface area contributed by atoms with E-state index in [-0.39, 0.29) is 12.5 Å². The van der Waals surface area contributed by atoms with Crippen molar-refractivity contribution in [2.45, 2.75) is 25.6 Å². The molecule has 2 heterocycles. The van der Waals surface area contributed by atoms with Crippen LogP contribution in [0.1, 0.15) is 12.0 Å². The molecule has 1 saturated heterocycles. The average Bonchev–Trinajstić information content (AvgIpc) is 2.85. The van der Waals surface area contributed by atoms with Crippen molar-refractivity contribution in [2.24, 2.45) is 0 Å². The van der Waals surface area contributed by atoms with Crippen LogP contribution in [0, 0.1) is 0 Å². The van der Waals surface area contributed by atoms with Crippen LogP contribution in [0.4, 0.5) is 0 Å². The summed E-state index contributed by atoms with van der Waals surface area (Å²) in [5, 5.41) is 12.8. The maximum atomic E-state index is 10.5. The van der Waals surface area contributed by atoms with Gasteiger partial charge in [-0.05, 0) is 7.05 Å². The number of aromatic nitrogens is 2. The summed E-state index contributed by atoms with van der Waals surface area (Å²) in [5.41, 5.74) is 1.06. The highest BCUT2D eigenvalue weighted by atomic mass is 16.6. The molecule has 7 heteroatoms. The van der Waals surface area contributed by atoms with Gasteiger partial charge in [-0.1, -0.05) is 0 Å². The fraction of sp³-hybridized carbons (Fsp3) is 0.692. The summed E-state index contributed by atoms with van der Waals surface area (Å²) >= 11 is 0. The van der Waals surface area contributed by atoms with Crippen molar-refractivity contribution in [3.63, 3.8) is 0 Å². The highest BCUT2D eigenvalue weighted by molar-refractivity contribution is 5.66. The predicted octanol–water partition coefficient (Wildman–Crippen LogP) is 0.205. The van der Waals surface area contributed by atoms with Gasteiger partial charge in [0.15, 0.2) is 0 Å². The number of aryl methyl sites for hydroxylation is 1. The smallest absolute Gasteiger partial charge is 0.305 e. The van der Waals surface area contributed by atoms with Gasteiger partial charge >= 0.3 is 5.97 Å². The van der Waals surface area contributed by atoms with Gasteiger partial charge in [-0.15, -0.1) is 0 Å². The lowest BCUT2D eigenvalue weighted by atomic mass is 10.3. The molecule has 1 aromatic rings. The van der Waals surface area contributed by atoms with Gasteiger partial charge in [-0.2, -0.15) is 5.10 Å². The summed E-state index contributed by atoms with van der Waals surface area (Å²) < 4.78 is 12.6. The number of aliphatic carboxylic acids is 1. The van der Waals surface area contributed by atoms with E-state index in [9.17, 15) is 4.79 Å². The molecule has 1 aromatic heterocycles. The first-order chi connectivity index (χ1) is 9.63. The van der Waals surface area contributed by atoms with E-state index in [1.807, 2.05) is 13.2 Å². The van der Waals surface area contributed by atoms with Crippen LogP contribution in [-0.2, 0) is 27.4 Å². The third-order valence-corrected chi connectivity index (χ3v) is 3.09. The summed E-state index contributed by atoms with van der Waals surface area (Å²) in [6.07, 6.45) is 3.87. The highest BCUT2D eigenvalue weighted by Gasteiger charge is 2.16. The molecule has 112 valence electrons. The SMILES string of the molecule is CN(Cc1cnn(CCC(=O)O)c1)CC1COCCO1. The lowest BCUT2D eigenvalue weighted by molar-refractivity contribution is -0.137. The second-order valence-corrected chi connectivity index (χ2v) is 5.02. The molecule has 0 amide bonds. The Morgan fingerprint density at radius 1 is 1.60 bits per heavy atom. The summed E-state index contributed by atoms with van der Waals surface area (Å²) in [6, 6.07) is 0. The van der Waals surface area contributed by atoms with Gasteiger partial charge in [0.05, 0.1) is 45.1 Å². The molecule has 1 unspecified atom stereocenters. The van der Waals surface area contributed by atoms with Crippen LogP contribution in [0.3, 0.4) is 0 Å². The molecule has 0 radical (unpaired) electrons. The molecule has 2 rings (SSSR count). The van der Waals surface area contributed by atoms with Gasteiger partial charge in [0, 0.05) is 24.8 Å². The Morgan fingerprint density at radius 3 is 3.15 bits per heavy atom. The molecule has 1 atom stereocenters. The van der Waals surface area contributed by atoms with Crippen LogP contribution in [0.25, 0.3) is 0 Å². The van der Waals surface area contributed by atoms with Crippen LogP contribution in [0.15, 0.2) is 12.4 Å². The number of carbonyl (C=O) groups is 1. The van der Waals surface area contributed by atoms with Crippen molar-refractivity contribution in [3.05, 3.63) is 18.0 Å². The van der Waals surface area contributed by atoms with Gasteiger partial charge in [0.25, 0.3) is 0 Å². The largest absolute Gasteiger partial charge is 0.481 e. The minimum atomic E-state index is -0.811. The number of likely N-dealkylation sites (N-methyl/N-ethyl adjacent to an activating group) is 1. The van der Waals surface area contributed by atoms with E-state index in [2.05, 4.69) is 10.00 Å². The van der Waals surface area contributed by atoms with E-state index in [1.54, 1.807) is 10.9 Å². The summed E-state index contributed by atoms with van der Waals surface area (Å²) in [6.45, 7) is 3.94. The van der Waals surface area contributed by atoms with Gasteiger partial charge in [-0.3, -0.25) is 14.4 Å². The molecule has 0 spiro atoms. The molecule has 20 heavy (non-hydrogen) atoms. The Hall–Kier alpha value is -1.44. The Morgan fingerprint density at radius 2 is 2.45 bits per heavy atom. The van der Waals surface area contributed by atoms with Crippen LogP contribution < -0.4 is 0 Å². The number of hydrogen-bond acceptors (Lipinski definition) is 5. The second kappa shape index (κ2) is 7.37. The highest BCUT2D eigenvalue weighted by Crippen LogP contribution is 2.07. The summed E-state index contributed by atoms with van der Waals surface area (Å²) in [7, 11) is 2.02. The molecular formula is C13H21N3O4. The average molecular weight is 283 g/mol. The number of nitrogens with zero attached hydrogens (tertiary/aromatic N) is 3. The molecule has 0 bridgehead atoms. The fourth-order valence-electron chi connectivity index (χ4n) is 2.19. The third-order valence-electron chi connectivity index (χ3n) is 3.09. The molecule has 1 fully saturated rings. The van der Waals surface area contributed by atoms with E-state index in [0.717, 1.165) is 18.7 Å². The summed E-state index contributed by atoms with van der Waals surface area (Å²) in [5.74, 6) is -0.811. The van der Waals surface area contributed by atoms with Crippen LogP contribution >= 0.6 is 0 Å². The Bertz CT molecular complexity index is 429. The normalized spacial score (nSPS) is 19.4. The van der Waals surface area contributed by atoms with Crippen LogP contribution in [0.5, 0.6) is 0 Å². The number of carboxylic acid groups (broad SMARTS) is 1. The Labute approximate surface area is 118 Å². The minimum Gasteiger partial charge on any atom is -0.481 e. The molecule has 1 aliphatic heterocycles. The zero-order valence-corrected chi connectivity index (χ0v) is 11.7.